The smallest absolute Gasteiger partial charge is 0.379 e. The van der Waals surface area contributed by atoms with Crippen LogP contribution in [0.2, 0.25) is 0 Å². The van der Waals surface area contributed by atoms with Gasteiger partial charge in [0.25, 0.3) is 5.69 Å². The number of benzene rings is 1. The summed E-state index contributed by atoms with van der Waals surface area (Å²) in [7, 11) is 0. The molecule has 18 heavy (non-hydrogen) atoms. The summed E-state index contributed by atoms with van der Waals surface area (Å²) in [6, 6.07) is 4.69. The molecule has 0 aliphatic heterocycles. The maximum atomic E-state index is 11.9. The van der Waals surface area contributed by atoms with E-state index in [1.807, 2.05) is 0 Å². The number of nitro groups is 1. The van der Waals surface area contributed by atoms with Gasteiger partial charge in [-0.1, -0.05) is 12.1 Å². The summed E-state index contributed by atoms with van der Waals surface area (Å²) < 4.78 is 35.8. The third kappa shape index (κ3) is 4.23. The summed E-state index contributed by atoms with van der Waals surface area (Å²) in [6.45, 7) is 1.63. The normalized spacial score (nSPS) is 11.3. The van der Waals surface area contributed by atoms with Crippen molar-refractivity contribution in [2.45, 2.75) is 25.9 Å². The first-order valence-corrected chi connectivity index (χ1v) is 5.36. The number of hydrogen-bond acceptors (Lipinski definition) is 3. The number of anilines is 1. The average molecular weight is 262 g/mol. The van der Waals surface area contributed by atoms with Crippen LogP contribution in [0.5, 0.6) is 0 Å². The van der Waals surface area contributed by atoms with E-state index < -0.39 is 17.5 Å². The fraction of sp³-hybridized carbons (Fsp3) is 0.455. The van der Waals surface area contributed by atoms with Crippen LogP contribution in [0.25, 0.3) is 0 Å². The Morgan fingerprint density at radius 3 is 2.61 bits per heavy atom. The molecule has 1 aromatic carbocycles. The summed E-state index contributed by atoms with van der Waals surface area (Å²) in [6.07, 6.45) is -5.21. The van der Waals surface area contributed by atoms with Crippen molar-refractivity contribution in [3.8, 4) is 0 Å². The topological polar surface area (TPSA) is 55.2 Å². The minimum absolute atomic E-state index is 0.0454. The zero-order valence-corrected chi connectivity index (χ0v) is 9.75. The maximum absolute atomic E-state index is 11.9. The number of nitro benzene ring substituents is 1. The molecule has 0 aromatic heterocycles. The predicted molar refractivity (Wildman–Crippen MR) is 61.6 cm³/mol. The SMILES string of the molecule is Cc1cccc(NCCCC(F)(F)F)c1[N+](=O)[O-]. The number of halogens is 3. The van der Waals surface area contributed by atoms with E-state index in [1.165, 1.54) is 6.07 Å². The Balaban J connectivity index is 2.63. The fourth-order valence-corrected chi connectivity index (χ4v) is 1.56. The number of rotatable bonds is 5. The monoisotopic (exact) mass is 262 g/mol. The molecule has 0 unspecified atom stereocenters. The third-order valence-electron chi connectivity index (χ3n) is 2.37. The van der Waals surface area contributed by atoms with Crippen LogP contribution in [0, 0.1) is 17.0 Å². The molecule has 0 aliphatic rings. The Bertz CT molecular complexity index is 433. The quantitative estimate of drug-likeness (QED) is 0.500. The molecule has 7 heteroatoms. The highest BCUT2D eigenvalue weighted by Gasteiger charge is 2.26. The van der Waals surface area contributed by atoms with E-state index in [0.29, 0.717) is 5.56 Å². The molecule has 0 saturated carbocycles. The van der Waals surface area contributed by atoms with Gasteiger partial charge in [0.05, 0.1) is 4.92 Å². The van der Waals surface area contributed by atoms with E-state index in [9.17, 15) is 23.3 Å². The Morgan fingerprint density at radius 2 is 2.06 bits per heavy atom. The average Bonchev–Trinajstić information content (AvgIpc) is 2.22. The molecule has 1 aromatic rings. The van der Waals surface area contributed by atoms with Crippen molar-refractivity contribution in [2.75, 3.05) is 11.9 Å². The van der Waals surface area contributed by atoms with Crippen molar-refractivity contribution in [3.05, 3.63) is 33.9 Å². The van der Waals surface area contributed by atoms with Gasteiger partial charge in [-0.3, -0.25) is 10.1 Å². The number of alkyl halides is 3. The predicted octanol–water partition coefficient (Wildman–Crippen LogP) is 3.66. The highest BCUT2D eigenvalue weighted by atomic mass is 19.4. The van der Waals surface area contributed by atoms with Crippen LogP contribution in [0.1, 0.15) is 18.4 Å². The molecule has 0 fully saturated rings. The van der Waals surface area contributed by atoms with Crippen molar-refractivity contribution in [1.29, 1.82) is 0 Å². The zero-order chi connectivity index (χ0) is 13.8. The van der Waals surface area contributed by atoms with E-state index in [0.717, 1.165) is 0 Å². The van der Waals surface area contributed by atoms with Crippen molar-refractivity contribution >= 4 is 11.4 Å². The van der Waals surface area contributed by atoms with Gasteiger partial charge < -0.3 is 5.32 Å². The van der Waals surface area contributed by atoms with Crippen molar-refractivity contribution in [3.63, 3.8) is 0 Å². The number of para-hydroxylation sites is 1. The lowest BCUT2D eigenvalue weighted by atomic mass is 10.1. The second-order valence-electron chi connectivity index (χ2n) is 3.87. The maximum Gasteiger partial charge on any atom is 0.389 e. The van der Waals surface area contributed by atoms with Crippen LogP contribution < -0.4 is 5.32 Å². The molecular formula is C11H13F3N2O2. The molecule has 0 radical (unpaired) electrons. The molecule has 0 bridgehead atoms. The van der Waals surface area contributed by atoms with E-state index >= 15 is 0 Å². The second kappa shape index (κ2) is 5.70. The Labute approximate surface area is 102 Å². The molecule has 0 saturated heterocycles. The number of nitrogens with one attached hydrogen (secondary N) is 1. The molecule has 1 N–H and O–H groups in total. The van der Waals surface area contributed by atoms with E-state index in [1.54, 1.807) is 19.1 Å². The summed E-state index contributed by atoms with van der Waals surface area (Å²) in [5, 5.41) is 13.5. The summed E-state index contributed by atoms with van der Waals surface area (Å²) >= 11 is 0. The first-order valence-electron chi connectivity index (χ1n) is 5.36. The van der Waals surface area contributed by atoms with Gasteiger partial charge in [0.1, 0.15) is 5.69 Å². The summed E-state index contributed by atoms with van der Waals surface area (Å²) in [5.74, 6) is 0. The van der Waals surface area contributed by atoms with Crippen LogP contribution in [0.15, 0.2) is 18.2 Å². The van der Waals surface area contributed by atoms with Crippen LogP contribution >= 0.6 is 0 Å². The van der Waals surface area contributed by atoms with Gasteiger partial charge in [0.2, 0.25) is 0 Å². The van der Waals surface area contributed by atoms with Crippen molar-refractivity contribution in [2.24, 2.45) is 0 Å². The Hall–Kier alpha value is -1.79. The highest BCUT2D eigenvalue weighted by Crippen LogP contribution is 2.28. The molecule has 0 amide bonds. The van der Waals surface area contributed by atoms with Crippen molar-refractivity contribution in [1.82, 2.24) is 0 Å². The Kier molecular flexibility index (Phi) is 4.52. The molecule has 0 spiro atoms. The van der Waals surface area contributed by atoms with E-state index in [2.05, 4.69) is 5.32 Å². The molecule has 0 atom stereocenters. The van der Waals surface area contributed by atoms with Crippen LogP contribution in [-0.2, 0) is 0 Å². The number of nitrogens with zero attached hydrogens (tertiary/aromatic N) is 1. The minimum Gasteiger partial charge on any atom is -0.379 e. The fourth-order valence-electron chi connectivity index (χ4n) is 1.56. The molecule has 100 valence electrons. The molecule has 0 aliphatic carbocycles. The van der Waals surface area contributed by atoms with Gasteiger partial charge in [-0.2, -0.15) is 13.2 Å². The highest BCUT2D eigenvalue weighted by molar-refractivity contribution is 5.64. The molecule has 1 rings (SSSR count). The standard InChI is InChI=1S/C11H13F3N2O2/c1-8-4-2-5-9(10(8)16(17)18)15-7-3-6-11(12,13)14/h2,4-5,15H,3,6-7H2,1H3. The van der Waals surface area contributed by atoms with Crippen molar-refractivity contribution < 1.29 is 18.1 Å². The lowest BCUT2D eigenvalue weighted by Crippen LogP contribution is -2.11. The van der Waals surface area contributed by atoms with Gasteiger partial charge >= 0.3 is 6.18 Å². The lowest BCUT2D eigenvalue weighted by Gasteiger charge is -2.09. The summed E-state index contributed by atoms with van der Waals surface area (Å²) in [5.41, 5.74) is 0.632. The summed E-state index contributed by atoms with van der Waals surface area (Å²) in [4.78, 5) is 10.3. The molecule has 0 heterocycles. The second-order valence-corrected chi connectivity index (χ2v) is 3.87. The molecular weight excluding hydrogens is 249 g/mol. The van der Waals surface area contributed by atoms with Gasteiger partial charge in [-0.15, -0.1) is 0 Å². The van der Waals surface area contributed by atoms with E-state index in [4.69, 9.17) is 0 Å². The minimum atomic E-state index is -4.19. The first-order chi connectivity index (χ1) is 8.31. The first kappa shape index (κ1) is 14.3. The third-order valence-corrected chi connectivity index (χ3v) is 2.37. The number of aryl methyl sites for hydroxylation is 1. The van der Waals surface area contributed by atoms with Gasteiger partial charge in [0, 0.05) is 18.5 Å². The largest absolute Gasteiger partial charge is 0.389 e. The Morgan fingerprint density at radius 1 is 1.39 bits per heavy atom. The van der Waals surface area contributed by atoms with Crippen LogP contribution in [0.4, 0.5) is 24.5 Å². The van der Waals surface area contributed by atoms with Gasteiger partial charge in [-0.25, -0.2) is 0 Å². The zero-order valence-electron chi connectivity index (χ0n) is 9.75. The van der Waals surface area contributed by atoms with Gasteiger partial charge in [-0.05, 0) is 19.4 Å². The van der Waals surface area contributed by atoms with E-state index in [-0.39, 0.29) is 24.3 Å². The van der Waals surface area contributed by atoms with Crippen LogP contribution in [0.3, 0.4) is 0 Å². The van der Waals surface area contributed by atoms with Crippen LogP contribution in [-0.4, -0.2) is 17.6 Å². The lowest BCUT2D eigenvalue weighted by molar-refractivity contribution is -0.384. The van der Waals surface area contributed by atoms with Gasteiger partial charge in [0.15, 0.2) is 0 Å². The molecule has 4 nitrogen and oxygen atoms in total. The number of hydrogen-bond donors (Lipinski definition) is 1.